The maximum atomic E-state index is 13.3. The van der Waals surface area contributed by atoms with Gasteiger partial charge in [-0.2, -0.15) is 0 Å². The Morgan fingerprint density at radius 2 is 1.86 bits per heavy atom. The number of halogens is 1. The molecule has 1 N–H and O–H groups in total. The molecule has 2 aromatic rings. The molecule has 0 aliphatic rings. The Balaban J connectivity index is 2.21. The second-order valence-electron chi connectivity index (χ2n) is 5.16. The van der Waals surface area contributed by atoms with Crippen LogP contribution < -0.4 is 10.1 Å². The number of aryl methyl sites for hydroxylation is 1. The van der Waals surface area contributed by atoms with Crippen LogP contribution in [0.1, 0.15) is 29.7 Å². The first-order valence-corrected chi connectivity index (χ1v) is 7.26. The van der Waals surface area contributed by atoms with Crippen molar-refractivity contribution in [2.75, 3.05) is 13.7 Å². The van der Waals surface area contributed by atoms with Gasteiger partial charge >= 0.3 is 0 Å². The van der Waals surface area contributed by atoms with Crippen LogP contribution in [0.3, 0.4) is 0 Å². The van der Waals surface area contributed by atoms with Crippen LogP contribution in [-0.2, 0) is 6.42 Å². The van der Waals surface area contributed by atoms with Crippen molar-refractivity contribution in [1.82, 2.24) is 5.32 Å². The van der Waals surface area contributed by atoms with Gasteiger partial charge in [0, 0.05) is 6.04 Å². The maximum Gasteiger partial charge on any atom is 0.123 e. The molecule has 2 rings (SSSR count). The van der Waals surface area contributed by atoms with Crippen molar-refractivity contribution < 1.29 is 9.13 Å². The number of ether oxygens (including phenoxy) is 1. The minimum absolute atomic E-state index is 0.184. The molecule has 0 aliphatic carbocycles. The molecule has 0 amide bonds. The van der Waals surface area contributed by atoms with Gasteiger partial charge in [-0.1, -0.05) is 25.1 Å². The highest BCUT2D eigenvalue weighted by Gasteiger charge is 2.14. The van der Waals surface area contributed by atoms with E-state index in [1.165, 1.54) is 11.6 Å². The number of benzene rings is 2. The topological polar surface area (TPSA) is 21.3 Å². The molecule has 0 saturated heterocycles. The fraction of sp³-hybridized carbons (Fsp3) is 0.333. The molecule has 0 radical (unpaired) electrons. The van der Waals surface area contributed by atoms with Gasteiger partial charge < -0.3 is 10.1 Å². The largest absolute Gasteiger partial charge is 0.497 e. The van der Waals surface area contributed by atoms with Crippen molar-refractivity contribution in [2.45, 2.75) is 26.3 Å². The lowest BCUT2D eigenvalue weighted by atomic mass is 9.95. The summed E-state index contributed by atoms with van der Waals surface area (Å²) in [4.78, 5) is 0. The van der Waals surface area contributed by atoms with Crippen molar-refractivity contribution in [1.29, 1.82) is 0 Å². The first-order valence-electron chi connectivity index (χ1n) is 7.26. The highest BCUT2D eigenvalue weighted by Crippen LogP contribution is 2.23. The maximum absolute atomic E-state index is 13.3. The number of hydrogen-bond acceptors (Lipinski definition) is 2. The van der Waals surface area contributed by atoms with Crippen molar-refractivity contribution in [2.24, 2.45) is 0 Å². The van der Waals surface area contributed by atoms with Crippen molar-refractivity contribution >= 4 is 0 Å². The third kappa shape index (κ3) is 4.05. The van der Waals surface area contributed by atoms with E-state index in [0.717, 1.165) is 29.8 Å². The molecular weight excluding hydrogens is 265 g/mol. The summed E-state index contributed by atoms with van der Waals surface area (Å²) >= 11 is 0. The first kappa shape index (κ1) is 15.5. The summed E-state index contributed by atoms with van der Waals surface area (Å²) < 4.78 is 18.5. The Labute approximate surface area is 126 Å². The van der Waals surface area contributed by atoms with Gasteiger partial charge in [-0.15, -0.1) is 0 Å². The Morgan fingerprint density at radius 1 is 1.14 bits per heavy atom. The molecular formula is C18H22FNO. The SMILES string of the molecule is CCNC(Cc1ccc(OC)cc1)c1ccc(F)cc1C. The lowest BCUT2D eigenvalue weighted by Gasteiger charge is -2.21. The van der Waals surface area contributed by atoms with Gasteiger partial charge in [0.15, 0.2) is 0 Å². The van der Waals surface area contributed by atoms with Crippen molar-refractivity contribution in [3.63, 3.8) is 0 Å². The summed E-state index contributed by atoms with van der Waals surface area (Å²) in [6, 6.07) is 13.3. The molecule has 0 spiro atoms. The van der Waals surface area contributed by atoms with Gasteiger partial charge in [-0.05, 0) is 60.8 Å². The molecule has 21 heavy (non-hydrogen) atoms. The average molecular weight is 287 g/mol. The Hall–Kier alpha value is -1.87. The highest BCUT2D eigenvalue weighted by molar-refractivity contribution is 5.33. The lowest BCUT2D eigenvalue weighted by molar-refractivity contribution is 0.414. The third-order valence-electron chi connectivity index (χ3n) is 3.66. The summed E-state index contributed by atoms with van der Waals surface area (Å²) in [5, 5.41) is 3.48. The second-order valence-corrected chi connectivity index (χ2v) is 5.16. The average Bonchev–Trinajstić information content (AvgIpc) is 2.48. The van der Waals surface area contributed by atoms with Gasteiger partial charge in [-0.3, -0.25) is 0 Å². The van der Waals surface area contributed by atoms with E-state index in [4.69, 9.17) is 4.74 Å². The zero-order valence-electron chi connectivity index (χ0n) is 12.8. The standard InChI is InChI=1S/C18H22FNO/c1-4-20-18(17-10-7-15(19)11-13(17)2)12-14-5-8-16(21-3)9-6-14/h5-11,18,20H,4,12H2,1-3H3. The van der Waals surface area contributed by atoms with E-state index in [2.05, 4.69) is 24.4 Å². The Kier molecular flexibility index (Phi) is 5.34. The zero-order chi connectivity index (χ0) is 15.2. The smallest absolute Gasteiger partial charge is 0.123 e. The van der Waals surface area contributed by atoms with Crippen LogP contribution in [0.25, 0.3) is 0 Å². The van der Waals surface area contributed by atoms with E-state index in [1.807, 2.05) is 25.1 Å². The highest BCUT2D eigenvalue weighted by atomic mass is 19.1. The van der Waals surface area contributed by atoms with Crippen LogP contribution >= 0.6 is 0 Å². The predicted molar refractivity (Wildman–Crippen MR) is 84.3 cm³/mol. The predicted octanol–water partition coefficient (Wildman–Crippen LogP) is 4.04. The summed E-state index contributed by atoms with van der Waals surface area (Å²) in [5.41, 5.74) is 3.36. The van der Waals surface area contributed by atoms with Gasteiger partial charge in [-0.25, -0.2) is 4.39 Å². The summed E-state index contributed by atoms with van der Waals surface area (Å²) in [5.74, 6) is 0.674. The molecule has 3 heteroatoms. The third-order valence-corrected chi connectivity index (χ3v) is 3.66. The van der Waals surface area contributed by atoms with Crippen LogP contribution in [0.2, 0.25) is 0 Å². The van der Waals surface area contributed by atoms with E-state index < -0.39 is 0 Å². The minimum atomic E-state index is -0.184. The molecule has 0 aliphatic heterocycles. The van der Waals surface area contributed by atoms with Crippen molar-refractivity contribution in [3.8, 4) is 5.75 Å². The first-order chi connectivity index (χ1) is 10.1. The van der Waals surface area contributed by atoms with Crippen LogP contribution in [0.4, 0.5) is 4.39 Å². The van der Waals surface area contributed by atoms with Crippen LogP contribution in [0.15, 0.2) is 42.5 Å². The summed E-state index contributed by atoms with van der Waals surface area (Å²) in [6.45, 7) is 4.91. The van der Waals surface area contributed by atoms with Crippen LogP contribution in [0, 0.1) is 12.7 Å². The van der Waals surface area contributed by atoms with Gasteiger partial charge in [0.1, 0.15) is 11.6 Å². The van der Waals surface area contributed by atoms with E-state index in [1.54, 1.807) is 13.2 Å². The molecule has 2 nitrogen and oxygen atoms in total. The summed E-state index contributed by atoms with van der Waals surface area (Å²) in [7, 11) is 1.67. The van der Waals surface area contributed by atoms with E-state index >= 15 is 0 Å². The van der Waals surface area contributed by atoms with Crippen LogP contribution in [0.5, 0.6) is 5.75 Å². The monoisotopic (exact) mass is 287 g/mol. The fourth-order valence-electron chi connectivity index (χ4n) is 2.57. The molecule has 0 bridgehead atoms. The lowest BCUT2D eigenvalue weighted by Crippen LogP contribution is -2.23. The molecule has 0 fully saturated rings. The molecule has 0 aromatic heterocycles. The van der Waals surface area contributed by atoms with Crippen molar-refractivity contribution in [3.05, 3.63) is 65.0 Å². The second kappa shape index (κ2) is 7.23. The van der Waals surface area contributed by atoms with E-state index in [-0.39, 0.29) is 11.9 Å². The normalized spacial score (nSPS) is 12.2. The summed E-state index contributed by atoms with van der Waals surface area (Å²) in [6.07, 6.45) is 0.865. The van der Waals surface area contributed by atoms with Gasteiger partial charge in [0.05, 0.1) is 7.11 Å². The van der Waals surface area contributed by atoms with Gasteiger partial charge in [0.2, 0.25) is 0 Å². The molecule has 0 saturated carbocycles. The van der Waals surface area contributed by atoms with Crippen LogP contribution in [-0.4, -0.2) is 13.7 Å². The Bertz CT molecular complexity index is 580. The molecule has 0 heterocycles. The van der Waals surface area contributed by atoms with E-state index in [0.29, 0.717) is 0 Å². The van der Waals surface area contributed by atoms with E-state index in [9.17, 15) is 4.39 Å². The molecule has 1 unspecified atom stereocenters. The Morgan fingerprint density at radius 3 is 2.43 bits per heavy atom. The molecule has 112 valence electrons. The number of nitrogens with one attached hydrogen (secondary N) is 1. The number of rotatable bonds is 6. The number of hydrogen-bond donors (Lipinski definition) is 1. The van der Waals surface area contributed by atoms with Gasteiger partial charge in [0.25, 0.3) is 0 Å². The number of methoxy groups -OCH3 is 1. The number of likely N-dealkylation sites (N-methyl/N-ethyl adjacent to an activating group) is 1. The quantitative estimate of drug-likeness (QED) is 0.866. The molecule has 2 aromatic carbocycles. The fourth-order valence-corrected chi connectivity index (χ4v) is 2.57. The zero-order valence-corrected chi connectivity index (χ0v) is 12.8. The molecule has 1 atom stereocenters. The minimum Gasteiger partial charge on any atom is -0.497 e.